The Bertz CT molecular complexity index is 486. The summed E-state index contributed by atoms with van der Waals surface area (Å²) in [6.45, 7) is 2.12. The molecule has 0 radical (unpaired) electrons. The lowest BCUT2D eigenvalue weighted by Crippen LogP contribution is -2.41. The van der Waals surface area contributed by atoms with Gasteiger partial charge in [0.05, 0.1) is 7.11 Å². The number of hydrogen-bond donors (Lipinski definition) is 2. The second-order valence-corrected chi connectivity index (χ2v) is 4.33. The van der Waals surface area contributed by atoms with Gasteiger partial charge in [0.1, 0.15) is 11.8 Å². The number of aliphatic carboxylic acids is 1. The third-order valence-corrected chi connectivity index (χ3v) is 2.88. The summed E-state index contributed by atoms with van der Waals surface area (Å²) in [5.74, 6) is -0.956. The van der Waals surface area contributed by atoms with Gasteiger partial charge in [-0.1, -0.05) is 6.07 Å². The van der Waals surface area contributed by atoms with E-state index >= 15 is 0 Å². The zero-order valence-corrected chi connectivity index (χ0v) is 11.8. The van der Waals surface area contributed by atoms with E-state index < -0.39 is 17.9 Å². The van der Waals surface area contributed by atoms with Gasteiger partial charge < -0.3 is 19.9 Å². The quantitative estimate of drug-likeness (QED) is 0.785. The largest absolute Gasteiger partial charge is 0.496 e. The molecule has 1 unspecified atom stereocenters. The van der Waals surface area contributed by atoms with Crippen LogP contribution in [0.4, 0.5) is 0 Å². The summed E-state index contributed by atoms with van der Waals surface area (Å²) in [5, 5.41) is 11.5. The van der Waals surface area contributed by atoms with Gasteiger partial charge in [-0.3, -0.25) is 4.79 Å². The predicted octanol–water partition coefficient (Wildman–Crippen LogP) is 1.22. The number of nitrogens with one attached hydrogen (secondary N) is 1. The first-order chi connectivity index (χ1) is 9.49. The van der Waals surface area contributed by atoms with Crippen LogP contribution in [0.25, 0.3) is 0 Å². The number of aryl methyl sites for hydroxylation is 1. The van der Waals surface area contributed by atoms with Crippen molar-refractivity contribution in [3.05, 3.63) is 29.3 Å². The molecule has 1 aromatic rings. The van der Waals surface area contributed by atoms with E-state index in [2.05, 4.69) is 5.32 Å². The maximum absolute atomic E-state index is 12.0. The number of carbonyl (C=O) groups excluding carboxylic acids is 1. The SMILES string of the molecule is COCCC(NC(=O)c1ccc(C)c(OC)c1)C(=O)O. The van der Waals surface area contributed by atoms with E-state index in [0.717, 1.165) is 5.56 Å². The third-order valence-electron chi connectivity index (χ3n) is 2.88. The fourth-order valence-corrected chi connectivity index (χ4v) is 1.70. The van der Waals surface area contributed by atoms with Gasteiger partial charge in [0, 0.05) is 25.7 Å². The molecule has 2 N–H and O–H groups in total. The average molecular weight is 281 g/mol. The van der Waals surface area contributed by atoms with Crippen LogP contribution in [0.1, 0.15) is 22.3 Å². The molecule has 0 fully saturated rings. The molecule has 0 aliphatic carbocycles. The third kappa shape index (κ3) is 4.24. The monoisotopic (exact) mass is 281 g/mol. The summed E-state index contributed by atoms with van der Waals surface area (Å²) < 4.78 is 9.96. The second kappa shape index (κ2) is 7.49. The highest BCUT2D eigenvalue weighted by molar-refractivity contribution is 5.97. The maximum atomic E-state index is 12.0. The van der Waals surface area contributed by atoms with Crippen LogP contribution in [0.3, 0.4) is 0 Å². The van der Waals surface area contributed by atoms with E-state index in [0.29, 0.717) is 11.3 Å². The zero-order valence-electron chi connectivity index (χ0n) is 11.8. The molecule has 0 aliphatic heterocycles. The minimum absolute atomic E-state index is 0.209. The predicted molar refractivity (Wildman–Crippen MR) is 73.1 cm³/mol. The highest BCUT2D eigenvalue weighted by Crippen LogP contribution is 2.19. The first kappa shape index (κ1) is 16.0. The summed E-state index contributed by atoms with van der Waals surface area (Å²) in [6, 6.07) is 3.98. The molecular weight excluding hydrogens is 262 g/mol. The molecule has 0 bridgehead atoms. The molecule has 6 heteroatoms. The lowest BCUT2D eigenvalue weighted by Gasteiger charge is -2.14. The Balaban J connectivity index is 2.80. The number of benzene rings is 1. The molecule has 0 heterocycles. The highest BCUT2D eigenvalue weighted by atomic mass is 16.5. The highest BCUT2D eigenvalue weighted by Gasteiger charge is 2.20. The van der Waals surface area contributed by atoms with Crippen LogP contribution in [-0.2, 0) is 9.53 Å². The minimum Gasteiger partial charge on any atom is -0.496 e. The summed E-state index contributed by atoms with van der Waals surface area (Å²) >= 11 is 0. The van der Waals surface area contributed by atoms with Gasteiger partial charge in [0.2, 0.25) is 0 Å². The molecule has 20 heavy (non-hydrogen) atoms. The van der Waals surface area contributed by atoms with Gasteiger partial charge in [-0.25, -0.2) is 4.79 Å². The maximum Gasteiger partial charge on any atom is 0.326 e. The Morgan fingerprint density at radius 3 is 2.60 bits per heavy atom. The van der Waals surface area contributed by atoms with E-state index in [4.69, 9.17) is 14.6 Å². The molecular formula is C14H19NO5. The van der Waals surface area contributed by atoms with Crippen LogP contribution in [0.15, 0.2) is 18.2 Å². The lowest BCUT2D eigenvalue weighted by atomic mass is 10.1. The number of carbonyl (C=O) groups is 2. The molecule has 1 amide bonds. The molecule has 1 rings (SSSR count). The summed E-state index contributed by atoms with van der Waals surface area (Å²) in [6.07, 6.45) is 0.209. The molecule has 1 atom stereocenters. The Morgan fingerprint density at radius 2 is 2.05 bits per heavy atom. The number of carboxylic acid groups (broad SMARTS) is 1. The number of carboxylic acids is 1. The number of amides is 1. The Morgan fingerprint density at radius 1 is 1.35 bits per heavy atom. The van der Waals surface area contributed by atoms with Crippen molar-refractivity contribution in [3.63, 3.8) is 0 Å². The van der Waals surface area contributed by atoms with Crippen LogP contribution in [0.5, 0.6) is 5.75 Å². The van der Waals surface area contributed by atoms with Crippen molar-refractivity contribution in [2.45, 2.75) is 19.4 Å². The van der Waals surface area contributed by atoms with Crippen LogP contribution >= 0.6 is 0 Å². The summed E-state index contributed by atoms with van der Waals surface area (Å²) in [7, 11) is 2.99. The second-order valence-electron chi connectivity index (χ2n) is 4.33. The topological polar surface area (TPSA) is 84.9 Å². The smallest absolute Gasteiger partial charge is 0.326 e. The zero-order chi connectivity index (χ0) is 15.1. The molecule has 0 spiro atoms. The molecule has 0 aromatic heterocycles. The number of rotatable bonds is 7. The first-order valence-corrected chi connectivity index (χ1v) is 6.16. The van der Waals surface area contributed by atoms with Gasteiger partial charge in [-0.2, -0.15) is 0 Å². The van der Waals surface area contributed by atoms with E-state index in [1.54, 1.807) is 18.2 Å². The van der Waals surface area contributed by atoms with E-state index in [1.807, 2.05) is 6.92 Å². The van der Waals surface area contributed by atoms with Crippen molar-refractivity contribution >= 4 is 11.9 Å². The van der Waals surface area contributed by atoms with Gasteiger partial charge in [-0.15, -0.1) is 0 Å². The van der Waals surface area contributed by atoms with Crippen molar-refractivity contribution in [1.82, 2.24) is 5.32 Å². The number of methoxy groups -OCH3 is 2. The molecule has 0 saturated carbocycles. The van der Waals surface area contributed by atoms with Gasteiger partial charge in [0.15, 0.2) is 0 Å². The van der Waals surface area contributed by atoms with Crippen LogP contribution in [-0.4, -0.2) is 43.9 Å². The van der Waals surface area contributed by atoms with Crippen LogP contribution < -0.4 is 10.1 Å². The Kier molecular flexibility index (Phi) is 5.99. The summed E-state index contributed by atoms with van der Waals surface area (Å²) in [4.78, 5) is 23.1. The van der Waals surface area contributed by atoms with Crippen LogP contribution in [0, 0.1) is 6.92 Å². The first-order valence-electron chi connectivity index (χ1n) is 6.16. The molecule has 0 aliphatic rings. The Hall–Kier alpha value is -2.08. The molecule has 6 nitrogen and oxygen atoms in total. The number of ether oxygens (including phenoxy) is 2. The van der Waals surface area contributed by atoms with Crippen molar-refractivity contribution in [2.24, 2.45) is 0 Å². The molecule has 0 saturated heterocycles. The standard InChI is InChI=1S/C14H19NO5/c1-9-4-5-10(8-12(9)20-3)13(16)15-11(14(17)18)6-7-19-2/h4-5,8,11H,6-7H2,1-3H3,(H,15,16)(H,17,18). The number of hydrogen-bond acceptors (Lipinski definition) is 4. The van der Waals surface area contributed by atoms with E-state index in [-0.39, 0.29) is 13.0 Å². The van der Waals surface area contributed by atoms with Crippen molar-refractivity contribution in [2.75, 3.05) is 20.8 Å². The lowest BCUT2D eigenvalue weighted by molar-refractivity contribution is -0.139. The van der Waals surface area contributed by atoms with Gasteiger partial charge in [0.25, 0.3) is 5.91 Å². The van der Waals surface area contributed by atoms with Crippen LogP contribution in [0.2, 0.25) is 0 Å². The minimum atomic E-state index is -1.09. The van der Waals surface area contributed by atoms with Gasteiger partial charge >= 0.3 is 5.97 Å². The normalized spacial score (nSPS) is 11.8. The Labute approximate surface area is 117 Å². The van der Waals surface area contributed by atoms with Crippen molar-refractivity contribution in [1.29, 1.82) is 0 Å². The van der Waals surface area contributed by atoms with Crippen molar-refractivity contribution in [3.8, 4) is 5.75 Å². The van der Waals surface area contributed by atoms with E-state index in [9.17, 15) is 9.59 Å². The van der Waals surface area contributed by atoms with E-state index in [1.165, 1.54) is 14.2 Å². The van der Waals surface area contributed by atoms with Crippen molar-refractivity contribution < 1.29 is 24.2 Å². The molecule has 110 valence electrons. The molecule has 1 aromatic carbocycles. The fraction of sp³-hybridized carbons (Fsp3) is 0.429. The van der Waals surface area contributed by atoms with Gasteiger partial charge in [-0.05, 0) is 24.6 Å². The summed E-state index contributed by atoms with van der Waals surface area (Å²) in [5.41, 5.74) is 1.26. The average Bonchev–Trinajstić information content (AvgIpc) is 2.43. The fourth-order valence-electron chi connectivity index (χ4n) is 1.70.